The van der Waals surface area contributed by atoms with Gasteiger partial charge in [-0.05, 0) is 12.1 Å². The fraction of sp³-hybridized carbons (Fsp3) is 0. The van der Waals surface area contributed by atoms with Crippen molar-refractivity contribution in [3.05, 3.63) is 72.2 Å². The third-order valence-electron chi connectivity index (χ3n) is 3.75. The van der Waals surface area contributed by atoms with Gasteiger partial charge in [0, 0.05) is 12.1 Å². The van der Waals surface area contributed by atoms with E-state index in [9.17, 15) is 19.8 Å². The Morgan fingerprint density at radius 2 is 1.03 bits per heavy atom. The summed E-state index contributed by atoms with van der Waals surface area (Å²) in [5, 5.41) is 33.8. The van der Waals surface area contributed by atoms with E-state index in [-0.39, 0.29) is 40.1 Å². The molecule has 0 atom stereocenters. The molecule has 0 spiro atoms. The van der Waals surface area contributed by atoms with E-state index >= 15 is 0 Å². The second-order valence-corrected chi connectivity index (χ2v) is 5.64. The van der Waals surface area contributed by atoms with Crippen LogP contribution in [-0.2, 0) is 17.1 Å². The largest absolute Gasteiger partial charge is 2.00 e. The average Bonchev–Trinajstić information content (AvgIpc) is 2.68. The van der Waals surface area contributed by atoms with Gasteiger partial charge in [0.25, 0.3) is 0 Å². The molecule has 0 fully saturated rings. The first-order chi connectivity index (χ1) is 13.4. The molecule has 29 heavy (non-hydrogen) atoms. The van der Waals surface area contributed by atoms with Crippen LogP contribution in [0, 0.1) is 0 Å². The van der Waals surface area contributed by atoms with E-state index in [1.54, 1.807) is 48.5 Å². The maximum atomic E-state index is 10.7. The third kappa shape index (κ3) is 4.78. The second kappa shape index (κ2) is 9.01. The van der Waals surface area contributed by atoms with Crippen LogP contribution in [-0.4, -0.2) is 32.4 Å². The fourth-order valence-corrected chi connectivity index (χ4v) is 2.46. The van der Waals surface area contributed by atoms with Crippen molar-refractivity contribution in [2.75, 3.05) is 0 Å². The zero-order chi connectivity index (χ0) is 20.3. The van der Waals surface area contributed by atoms with Crippen LogP contribution in [0.15, 0.2) is 69.5 Å². The number of carbonyl (C=O) groups is 2. The SMILES string of the molecule is O=C([OH2+])c1cc(O)c2ccccc2[o+]1.O=C([OH2+])c1cc(O)c2ccccc2[o+]1.[Cu+2]. The van der Waals surface area contributed by atoms with E-state index in [0.29, 0.717) is 21.9 Å². The molecule has 2 aromatic heterocycles. The Balaban J connectivity index is 0.000000200. The molecule has 8 nitrogen and oxygen atoms in total. The number of aromatic hydroxyl groups is 2. The van der Waals surface area contributed by atoms with Gasteiger partial charge < -0.3 is 20.4 Å². The van der Waals surface area contributed by atoms with E-state index in [4.69, 9.17) is 19.0 Å². The molecule has 4 rings (SSSR count). The maximum absolute atomic E-state index is 10.7. The summed E-state index contributed by atoms with van der Waals surface area (Å²) in [5.74, 6) is -2.34. The summed E-state index contributed by atoms with van der Waals surface area (Å²) in [5.41, 5.74) is 0.784. The van der Waals surface area contributed by atoms with Gasteiger partial charge in [0.2, 0.25) is 0 Å². The molecular formula is C20H16CuO8+6. The molecule has 0 bridgehead atoms. The van der Waals surface area contributed by atoms with Gasteiger partial charge in [-0.25, -0.2) is 0 Å². The van der Waals surface area contributed by atoms with E-state index in [0.717, 1.165) is 12.1 Å². The summed E-state index contributed by atoms with van der Waals surface area (Å²) in [6.07, 6.45) is 0. The normalized spacial score (nSPS) is 9.93. The standard InChI is InChI=1S/2C10H6O4.Cu/c2*11-7-5-9(10(12)13)14-8-4-2-1-3-6(7)8;/h2*1-5H,(H-,11,12,13);/q;;+2/p+4. The number of benzene rings is 2. The van der Waals surface area contributed by atoms with E-state index < -0.39 is 11.9 Å². The van der Waals surface area contributed by atoms with Crippen molar-refractivity contribution in [1.82, 2.24) is 0 Å². The van der Waals surface area contributed by atoms with Crippen molar-refractivity contribution < 1.29 is 55.9 Å². The van der Waals surface area contributed by atoms with Crippen LogP contribution in [0.25, 0.3) is 21.9 Å². The van der Waals surface area contributed by atoms with Gasteiger partial charge in [0.15, 0.2) is 0 Å². The molecule has 149 valence electrons. The van der Waals surface area contributed by atoms with E-state index in [1.165, 1.54) is 0 Å². The summed E-state index contributed by atoms with van der Waals surface area (Å²) in [4.78, 5) is 21.4. The first-order valence-corrected chi connectivity index (χ1v) is 7.98. The van der Waals surface area contributed by atoms with Gasteiger partial charge >= 0.3 is 51.7 Å². The Bertz CT molecular complexity index is 1110. The third-order valence-corrected chi connectivity index (χ3v) is 3.75. The van der Waals surface area contributed by atoms with E-state index in [1.807, 2.05) is 0 Å². The molecule has 0 saturated heterocycles. The van der Waals surface area contributed by atoms with Crippen molar-refractivity contribution in [3.8, 4) is 11.5 Å². The summed E-state index contributed by atoms with van der Waals surface area (Å²) >= 11 is 0. The minimum atomic E-state index is -0.953. The minimum Gasteiger partial charge on any atom is -0.554 e. The Kier molecular flexibility index (Phi) is 6.71. The molecule has 1 radical (unpaired) electrons. The fourth-order valence-electron chi connectivity index (χ4n) is 2.46. The predicted octanol–water partition coefficient (Wildman–Crippen LogP) is 2.57. The Morgan fingerprint density at radius 3 is 1.38 bits per heavy atom. The van der Waals surface area contributed by atoms with Crippen LogP contribution in [0.1, 0.15) is 21.1 Å². The molecule has 0 amide bonds. The zero-order valence-electron chi connectivity index (χ0n) is 14.6. The van der Waals surface area contributed by atoms with Gasteiger partial charge in [-0.1, -0.05) is 24.3 Å². The number of carbonyl (C=O) groups excluding carboxylic acids is 2. The molecule has 0 aliphatic rings. The number of hydrogen-bond donors (Lipinski definition) is 2. The van der Waals surface area contributed by atoms with Crippen LogP contribution in [0.3, 0.4) is 0 Å². The van der Waals surface area contributed by atoms with Crippen LogP contribution in [0.2, 0.25) is 0 Å². The van der Waals surface area contributed by atoms with Gasteiger partial charge in [0.05, 0.1) is 9.59 Å². The second-order valence-electron chi connectivity index (χ2n) is 5.64. The quantitative estimate of drug-likeness (QED) is 0.357. The molecule has 0 saturated carbocycles. The van der Waals surface area contributed by atoms with Crippen LogP contribution in [0.4, 0.5) is 0 Å². The minimum absolute atomic E-state index is 0. The predicted molar refractivity (Wildman–Crippen MR) is 100 cm³/mol. The van der Waals surface area contributed by atoms with Gasteiger partial charge in [-0.3, -0.25) is 0 Å². The van der Waals surface area contributed by atoms with Crippen LogP contribution < -0.4 is 0 Å². The van der Waals surface area contributed by atoms with Crippen molar-refractivity contribution in [3.63, 3.8) is 0 Å². The first-order valence-electron chi connectivity index (χ1n) is 7.98. The number of hydrogen-bond acceptors (Lipinski definition) is 4. The van der Waals surface area contributed by atoms with Gasteiger partial charge in [-0.15, -0.1) is 0 Å². The zero-order valence-corrected chi connectivity index (χ0v) is 15.5. The summed E-state index contributed by atoms with van der Waals surface area (Å²) in [7, 11) is 0. The molecule has 0 aliphatic carbocycles. The molecule has 9 heteroatoms. The Labute approximate surface area is 173 Å². The van der Waals surface area contributed by atoms with Gasteiger partial charge in [-0.2, -0.15) is 8.83 Å². The molecule has 2 heterocycles. The van der Waals surface area contributed by atoms with E-state index in [2.05, 4.69) is 0 Å². The Hall–Kier alpha value is -3.68. The van der Waals surface area contributed by atoms with Crippen molar-refractivity contribution in [2.45, 2.75) is 0 Å². The summed E-state index contributed by atoms with van der Waals surface area (Å²) in [6, 6.07) is 15.9. The molecule has 0 aliphatic heterocycles. The van der Waals surface area contributed by atoms with Crippen molar-refractivity contribution >= 4 is 33.9 Å². The Morgan fingerprint density at radius 1 is 0.690 bits per heavy atom. The monoisotopic (exact) mass is 447 g/mol. The maximum Gasteiger partial charge on any atom is 2.00 e. The average molecular weight is 448 g/mol. The molecular weight excluding hydrogens is 432 g/mol. The molecule has 6 N–H and O–H groups in total. The topological polar surface area (TPSA) is 143 Å². The van der Waals surface area contributed by atoms with Crippen molar-refractivity contribution in [1.29, 1.82) is 0 Å². The number of para-hydroxylation sites is 2. The molecule has 0 unspecified atom stereocenters. The van der Waals surface area contributed by atoms with Crippen molar-refractivity contribution in [2.24, 2.45) is 0 Å². The smallest absolute Gasteiger partial charge is 0.554 e. The van der Waals surface area contributed by atoms with Crippen LogP contribution >= 0.6 is 0 Å². The number of fused-ring (bicyclic) bond motifs is 2. The summed E-state index contributed by atoms with van der Waals surface area (Å²) in [6.45, 7) is 0. The van der Waals surface area contributed by atoms with Gasteiger partial charge in [0.1, 0.15) is 34.4 Å². The summed E-state index contributed by atoms with van der Waals surface area (Å²) < 4.78 is 10.2. The van der Waals surface area contributed by atoms with Crippen LogP contribution in [0.5, 0.6) is 11.5 Å². The molecule has 4 aromatic rings. The molecule has 2 aromatic carbocycles. The number of rotatable bonds is 2. The first kappa shape index (κ1) is 21.6.